The van der Waals surface area contributed by atoms with Crippen LogP contribution in [0, 0.1) is 6.92 Å². The van der Waals surface area contributed by atoms with E-state index in [-0.39, 0.29) is 24.0 Å². The molecule has 1 aromatic heterocycles. The molecule has 0 aliphatic heterocycles. The van der Waals surface area contributed by atoms with Crippen LogP contribution >= 0.6 is 46.9 Å². The number of nitrogen functional groups attached to an aromatic ring is 1. The van der Waals surface area contributed by atoms with Crippen molar-refractivity contribution in [3.63, 3.8) is 0 Å². The van der Waals surface area contributed by atoms with Crippen LogP contribution in [-0.4, -0.2) is 4.98 Å². The van der Waals surface area contributed by atoms with E-state index in [9.17, 15) is 0 Å². The first-order valence-electron chi connectivity index (χ1n) is 4.15. The number of halogens is 2. The third-order valence-electron chi connectivity index (χ3n) is 1.93. The summed E-state index contributed by atoms with van der Waals surface area (Å²) in [7, 11) is 0. The van der Waals surface area contributed by atoms with Gasteiger partial charge in [0.05, 0.1) is 5.69 Å². The Balaban J connectivity index is 0.00000112. The smallest absolute Gasteiger partial charge is 0.180 e. The number of hydrogen-bond donors (Lipinski definition) is 1. The van der Waals surface area contributed by atoms with E-state index >= 15 is 0 Å². The normalized spacial score (nSPS) is 9.73. The summed E-state index contributed by atoms with van der Waals surface area (Å²) in [5, 5.41) is 1.34. The maximum Gasteiger partial charge on any atom is 0.180 e. The molecule has 15 heavy (non-hydrogen) atoms. The summed E-state index contributed by atoms with van der Waals surface area (Å²) in [6.45, 7) is 2.01. The largest absolute Gasteiger partial charge is 0.375 e. The van der Waals surface area contributed by atoms with Gasteiger partial charge in [0.15, 0.2) is 5.13 Å². The molecular weight excluding hydrogens is 343 g/mol. The summed E-state index contributed by atoms with van der Waals surface area (Å²) < 4.78 is 0. The van der Waals surface area contributed by atoms with E-state index in [0.29, 0.717) is 5.13 Å². The lowest BCUT2D eigenvalue weighted by Gasteiger charge is -1.97. The quantitative estimate of drug-likeness (QED) is 0.789. The zero-order valence-corrected chi connectivity index (χ0v) is 11.9. The topological polar surface area (TPSA) is 38.9 Å². The molecule has 1 aromatic carbocycles. The number of aromatic nitrogens is 1. The second-order valence-corrected chi connectivity index (χ2v) is 4.63. The molecule has 2 N–H and O–H groups in total. The Hall–Kier alpha value is -0.330. The van der Waals surface area contributed by atoms with Crippen molar-refractivity contribution < 1.29 is 0 Å². The molecule has 0 saturated carbocycles. The number of hydrogen-bond acceptors (Lipinski definition) is 3. The van der Waals surface area contributed by atoms with Gasteiger partial charge in [0.2, 0.25) is 0 Å². The molecule has 5 heteroatoms. The highest BCUT2D eigenvalue weighted by Gasteiger charge is 2.07. The fourth-order valence-electron chi connectivity index (χ4n) is 1.29. The van der Waals surface area contributed by atoms with Crippen LogP contribution in [0.4, 0.5) is 5.13 Å². The van der Waals surface area contributed by atoms with Crippen molar-refractivity contribution >= 4 is 52.0 Å². The lowest BCUT2D eigenvalue weighted by Crippen LogP contribution is -1.83. The summed E-state index contributed by atoms with van der Waals surface area (Å²) in [5.41, 5.74) is 7.63. The average molecular weight is 353 g/mol. The summed E-state index contributed by atoms with van der Waals surface area (Å²) in [6.07, 6.45) is 0. The third kappa shape index (κ3) is 2.83. The number of thiazole rings is 1. The Bertz CT molecular complexity index is 453. The molecule has 0 bridgehead atoms. The van der Waals surface area contributed by atoms with Gasteiger partial charge in [-0.05, 0) is 19.1 Å². The Kier molecular flexibility index (Phi) is 4.36. The SMILES string of the molecule is Cc1sc(N)nc1-c1ccc(Cl)cc1.I. The fraction of sp³-hybridized carbons (Fsp3) is 0.100. The lowest BCUT2D eigenvalue weighted by molar-refractivity contribution is 1.38. The zero-order valence-electron chi connectivity index (χ0n) is 8.03. The first-order valence-corrected chi connectivity index (χ1v) is 5.35. The number of anilines is 1. The van der Waals surface area contributed by atoms with Crippen LogP contribution in [-0.2, 0) is 0 Å². The molecule has 2 nitrogen and oxygen atoms in total. The van der Waals surface area contributed by atoms with Crippen LogP contribution < -0.4 is 5.73 Å². The zero-order chi connectivity index (χ0) is 10.1. The minimum absolute atomic E-state index is 0. The second kappa shape index (κ2) is 5.14. The number of aryl methyl sites for hydroxylation is 1. The monoisotopic (exact) mass is 352 g/mol. The molecular formula is C10H10ClIN2S. The van der Waals surface area contributed by atoms with Gasteiger partial charge in [-0.3, -0.25) is 0 Å². The van der Waals surface area contributed by atoms with E-state index in [1.165, 1.54) is 11.3 Å². The minimum Gasteiger partial charge on any atom is -0.375 e. The van der Waals surface area contributed by atoms with E-state index < -0.39 is 0 Å². The first kappa shape index (κ1) is 12.7. The molecule has 0 unspecified atom stereocenters. The third-order valence-corrected chi connectivity index (χ3v) is 2.98. The maximum absolute atomic E-state index is 5.80. The molecule has 0 radical (unpaired) electrons. The van der Waals surface area contributed by atoms with E-state index in [2.05, 4.69) is 4.98 Å². The number of rotatable bonds is 1. The Morgan fingerprint density at radius 2 is 1.87 bits per heavy atom. The van der Waals surface area contributed by atoms with Crippen LogP contribution in [0.1, 0.15) is 4.88 Å². The van der Waals surface area contributed by atoms with Gasteiger partial charge >= 0.3 is 0 Å². The van der Waals surface area contributed by atoms with Gasteiger partial charge in [-0.1, -0.05) is 23.7 Å². The molecule has 0 atom stereocenters. The number of nitrogens with two attached hydrogens (primary N) is 1. The van der Waals surface area contributed by atoms with Gasteiger partial charge in [0.25, 0.3) is 0 Å². The van der Waals surface area contributed by atoms with Gasteiger partial charge in [0.1, 0.15) is 0 Å². The van der Waals surface area contributed by atoms with Gasteiger partial charge in [-0.2, -0.15) is 0 Å². The van der Waals surface area contributed by atoms with E-state index in [1.54, 1.807) is 0 Å². The van der Waals surface area contributed by atoms with E-state index in [4.69, 9.17) is 17.3 Å². The highest BCUT2D eigenvalue weighted by molar-refractivity contribution is 14.0. The van der Waals surface area contributed by atoms with Crippen molar-refractivity contribution in [2.75, 3.05) is 5.73 Å². The lowest BCUT2D eigenvalue weighted by atomic mass is 10.1. The Labute approximate surface area is 115 Å². The Morgan fingerprint density at radius 3 is 2.33 bits per heavy atom. The van der Waals surface area contributed by atoms with Crippen LogP contribution in [0.2, 0.25) is 5.02 Å². The van der Waals surface area contributed by atoms with Gasteiger partial charge in [0, 0.05) is 15.5 Å². The molecule has 0 saturated heterocycles. The molecule has 0 spiro atoms. The molecule has 0 amide bonds. The van der Waals surface area contributed by atoms with Crippen LogP contribution in [0.5, 0.6) is 0 Å². The van der Waals surface area contributed by atoms with Crippen molar-refractivity contribution in [2.24, 2.45) is 0 Å². The highest BCUT2D eigenvalue weighted by Crippen LogP contribution is 2.29. The molecule has 2 aromatic rings. The molecule has 0 aliphatic rings. The van der Waals surface area contributed by atoms with Gasteiger partial charge < -0.3 is 5.73 Å². The van der Waals surface area contributed by atoms with Crippen molar-refractivity contribution in [2.45, 2.75) is 6.92 Å². The van der Waals surface area contributed by atoms with Crippen LogP contribution in [0.15, 0.2) is 24.3 Å². The first-order chi connectivity index (χ1) is 6.66. The highest BCUT2D eigenvalue weighted by atomic mass is 127. The van der Waals surface area contributed by atoms with Gasteiger partial charge in [-0.25, -0.2) is 4.98 Å². The predicted molar refractivity (Wildman–Crippen MR) is 77.1 cm³/mol. The Morgan fingerprint density at radius 1 is 1.27 bits per heavy atom. The van der Waals surface area contributed by atoms with Crippen LogP contribution in [0.25, 0.3) is 11.3 Å². The van der Waals surface area contributed by atoms with Crippen molar-refractivity contribution in [3.8, 4) is 11.3 Å². The van der Waals surface area contributed by atoms with E-state index in [1.807, 2.05) is 31.2 Å². The van der Waals surface area contributed by atoms with Crippen molar-refractivity contribution in [1.82, 2.24) is 4.98 Å². The molecule has 80 valence electrons. The molecule has 0 fully saturated rings. The standard InChI is InChI=1S/C10H9ClN2S.HI/c1-6-9(13-10(12)14-6)7-2-4-8(11)5-3-7;/h2-5H,1H3,(H2,12,13);1H. The molecule has 2 rings (SSSR count). The molecule has 1 heterocycles. The average Bonchev–Trinajstić information content (AvgIpc) is 2.47. The number of benzene rings is 1. The summed E-state index contributed by atoms with van der Waals surface area (Å²) in [5.74, 6) is 0. The predicted octanol–water partition coefficient (Wildman–Crippen LogP) is 3.97. The van der Waals surface area contributed by atoms with Gasteiger partial charge in [-0.15, -0.1) is 35.3 Å². The molecule has 0 aliphatic carbocycles. The number of nitrogens with zero attached hydrogens (tertiary/aromatic N) is 1. The van der Waals surface area contributed by atoms with Crippen molar-refractivity contribution in [3.05, 3.63) is 34.2 Å². The minimum atomic E-state index is 0. The summed E-state index contributed by atoms with van der Waals surface area (Å²) in [4.78, 5) is 5.39. The maximum atomic E-state index is 5.80. The fourth-order valence-corrected chi connectivity index (χ4v) is 2.13. The summed E-state index contributed by atoms with van der Waals surface area (Å²) in [6, 6.07) is 7.60. The summed E-state index contributed by atoms with van der Waals surface area (Å²) >= 11 is 7.30. The second-order valence-electron chi connectivity index (χ2n) is 2.96. The van der Waals surface area contributed by atoms with E-state index in [0.717, 1.165) is 21.2 Å². The van der Waals surface area contributed by atoms with Crippen LogP contribution in [0.3, 0.4) is 0 Å². The van der Waals surface area contributed by atoms with Crippen molar-refractivity contribution in [1.29, 1.82) is 0 Å².